The van der Waals surface area contributed by atoms with Gasteiger partial charge in [-0.25, -0.2) is 9.28 Å². The number of amides is 2. The van der Waals surface area contributed by atoms with Gasteiger partial charge in [0.15, 0.2) is 0 Å². The Kier molecular flexibility index (Phi) is 4.44. The summed E-state index contributed by atoms with van der Waals surface area (Å²) in [6.07, 6.45) is -0.739. The second kappa shape index (κ2) is 6.01. The Bertz CT molecular complexity index is 695. The van der Waals surface area contributed by atoms with E-state index in [4.69, 9.17) is 5.26 Å². The molecular formula is C17H21N3O3. The topological polar surface area (TPSA) is 84.2 Å². The molecule has 0 bridgehead atoms. The molecule has 0 aliphatic carbocycles. The third kappa shape index (κ3) is 2.57. The number of nitriles is 1. The minimum atomic E-state index is -1.24. The van der Waals surface area contributed by atoms with Crippen molar-refractivity contribution in [3.63, 3.8) is 0 Å². The highest BCUT2D eigenvalue weighted by Gasteiger charge is 2.46. The summed E-state index contributed by atoms with van der Waals surface area (Å²) in [7, 11) is 1.84. The van der Waals surface area contributed by atoms with E-state index in [-0.39, 0.29) is 16.4 Å². The van der Waals surface area contributed by atoms with Gasteiger partial charge >= 0.3 is 5.91 Å². The van der Waals surface area contributed by atoms with Gasteiger partial charge in [0.1, 0.15) is 11.8 Å². The third-order valence-electron chi connectivity index (χ3n) is 5.07. The molecule has 0 saturated heterocycles. The molecule has 1 aromatic rings. The molecule has 0 aromatic heterocycles. The molecule has 3 atom stereocenters. The van der Waals surface area contributed by atoms with Gasteiger partial charge in [-0.1, -0.05) is 0 Å². The lowest BCUT2D eigenvalue weighted by Gasteiger charge is -2.46. The molecule has 0 radical (unpaired) electrons. The maximum atomic E-state index is 12.3. The molecule has 1 aliphatic rings. The van der Waals surface area contributed by atoms with Gasteiger partial charge in [-0.3, -0.25) is 0 Å². The average molecular weight is 315 g/mol. The molecule has 6 nitrogen and oxygen atoms in total. The van der Waals surface area contributed by atoms with Crippen LogP contribution in [0.5, 0.6) is 0 Å². The van der Waals surface area contributed by atoms with Crippen LogP contribution in [0.15, 0.2) is 18.2 Å². The van der Waals surface area contributed by atoms with Crippen molar-refractivity contribution in [2.24, 2.45) is 0 Å². The van der Waals surface area contributed by atoms with E-state index < -0.39 is 12.1 Å². The molecule has 0 saturated carbocycles. The Morgan fingerprint density at radius 2 is 2.13 bits per heavy atom. The van der Waals surface area contributed by atoms with Gasteiger partial charge in [-0.15, -0.1) is 0 Å². The third-order valence-corrected chi connectivity index (χ3v) is 5.07. The molecule has 6 heteroatoms. The van der Waals surface area contributed by atoms with Crippen LogP contribution in [0.2, 0.25) is 0 Å². The molecule has 1 heterocycles. The number of carbonyl (C=O) groups is 2. The van der Waals surface area contributed by atoms with Crippen molar-refractivity contribution >= 4 is 17.7 Å². The number of carbonyl (C=O) groups excluding carboxylic acids is 2. The first-order chi connectivity index (χ1) is 10.8. The molecule has 122 valence electrons. The number of rotatable bonds is 2. The van der Waals surface area contributed by atoms with E-state index in [9.17, 15) is 14.7 Å². The van der Waals surface area contributed by atoms with Crippen molar-refractivity contribution in [2.75, 3.05) is 13.6 Å². The first-order valence-electron chi connectivity index (χ1n) is 7.66. The number of carboxylic acid groups (broad SMARTS) is 1. The summed E-state index contributed by atoms with van der Waals surface area (Å²) in [5.41, 5.74) is 1.92. The Labute approximate surface area is 136 Å². The summed E-state index contributed by atoms with van der Waals surface area (Å²) in [4.78, 5) is 25.0. The van der Waals surface area contributed by atoms with Crippen molar-refractivity contribution in [2.45, 2.75) is 39.3 Å². The zero-order valence-corrected chi connectivity index (χ0v) is 13.9. The summed E-state index contributed by atoms with van der Waals surface area (Å²) < 4.78 is 0.0993. The molecule has 0 N–H and O–H groups in total. The van der Waals surface area contributed by atoms with Gasteiger partial charge in [0.25, 0.3) is 0 Å². The highest BCUT2D eigenvalue weighted by molar-refractivity contribution is 5.88. The first-order valence-corrected chi connectivity index (χ1v) is 7.66. The number of nitrogens with zero attached hydrogens (tertiary/aromatic N) is 3. The van der Waals surface area contributed by atoms with E-state index >= 15 is 0 Å². The molecule has 23 heavy (non-hydrogen) atoms. The Balaban J connectivity index is 2.70. The molecular weight excluding hydrogens is 294 g/mol. The SMILES string of the molecule is CCN(C(=O)[O-])[C@@H]1C[C@H](C)[N+](C)(C(C)=O)c2ccc(C#N)cc21. The average Bonchev–Trinajstić information content (AvgIpc) is 2.51. The van der Waals surface area contributed by atoms with E-state index in [1.54, 1.807) is 25.1 Å². The van der Waals surface area contributed by atoms with E-state index in [0.29, 0.717) is 24.1 Å². The maximum absolute atomic E-state index is 12.3. The number of hydrogen-bond acceptors (Lipinski definition) is 4. The molecule has 2 amide bonds. The van der Waals surface area contributed by atoms with Gasteiger partial charge in [-0.05, 0) is 26.0 Å². The van der Waals surface area contributed by atoms with Crippen molar-refractivity contribution in [1.82, 2.24) is 9.38 Å². The number of fused-ring (bicyclic) bond motifs is 1. The highest BCUT2D eigenvalue weighted by Crippen LogP contribution is 2.44. The van der Waals surface area contributed by atoms with Crippen molar-refractivity contribution in [1.29, 1.82) is 5.26 Å². The van der Waals surface area contributed by atoms with Crippen molar-refractivity contribution in [3.8, 4) is 6.07 Å². The summed E-state index contributed by atoms with van der Waals surface area (Å²) in [6, 6.07) is 6.72. The van der Waals surface area contributed by atoms with Crippen LogP contribution in [-0.2, 0) is 4.79 Å². The van der Waals surface area contributed by atoms with Gasteiger partial charge < -0.3 is 14.8 Å². The van der Waals surface area contributed by atoms with E-state index in [1.165, 1.54) is 11.8 Å². The summed E-state index contributed by atoms with van der Waals surface area (Å²) in [5, 5.41) is 20.6. The fraction of sp³-hybridized carbons (Fsp3) is 0.471. The lowest BCUT2D eigenvalue weighted by molar-refractivity contribution is -0.268. The summed E-state index contributed by atoms with van der Waals surface area (Å²) in [6.45, 7) is 5.52. The molecule has 0 fully saturated rings. The lowest BCUT2D eigenvalue weighted by Crippen LogP contribution is -2.60. The fourth-order valence-corrected chi connectivity index (χ4v) is 3.46. The summed E-state index contributed by atoms with van der Waals surface area (Å²) in [5.74, 6) is -0.0154. The van der Waals surface area contributed by atoms with Crippen molar-refractivity contribution < 1.29 is 14.7 Å². The zero-order valence-electron chi connectivity index (χ0n) is 13.9. The molecule has 1 aromatic carbocycles. The number of hydrogen-bond donors (Lipinski definition) is 0. The minimum Gasteiger partial charge on any atom is -0.530 e. The van der Waals surface area contributed by atoms with Gasteiger partial charge in [0.05, 0.1) is 37.7 Å². The first kappa shape index (κ1) is 17.0. The minimum absolute atomic E-state index is 0.0154. The smallest absolute Gasteiger partial charge is 0.315 e. The fourth-order valence-electron chi connectivity index (χ4n) is 3.46. The predicted molar refractivity (Wildman–Crippen MR) is 84.2 cm³/mol. The molecule has 1 unspecified atom stereocenters. The summed E-state index contributed by atoms with van der Waals surface area (Å²) >= 11 is 0. The van der Waals surface area contributed by atoms with Crippen LogP contribution in [0.4, 0.5) is 10.5 Å². The van der Waals surface area contributed by atoms with E-state index in [0.717, 1.165) is 5.69 Å². The number of quaternary nitrogens is 1. The van der Waals surface area contributed by atoms with Crippen LogP contribution in [0.1, 0.15) is 44.4 Å². The second-order valence-electron chi connectivity index (χ2n) is 6.13. The Morgan fingerprint density at radius 1 is 1.48 bits per heavy atom. The molecule has 2 rings (SSSR count). The van der Waals surface area contributed by atoms with Crippen LogP contribution in [0.3, 0.4) is 0 Å². The largest absolute Gasteiger partial charge is 0.530 e. The van der Waals surface area contributed by atoms with Gasteiger partial charge in [0, 0.05) is 24.6 Å². The van der Waals surface area contributed by atoms with Gasteiger partial charge in [-0.2, -0.15) is 5.26 Å². The van der Waals surface area contributed by atoms with E-state index in [2.05, 4.69) is 6.07 Å². The molecule has 0 spiro atoms. The lowest BCUT2D eigenvalue weighted by atomic mass is 9.87. The van der Waals surface area contributed by atoms with Crippen LogP contribution in [0, 0.1) is 11.3 Å². The zero-order chi connectivity index (χ0) is 17.4. The van der Waals surface area contributed by atoms with Gasteiger partial charge in [0.2, 0.25) is 0 Å². The number of benzene rings is 1. The second-order valence-corrected chi connectivity index (χ2v) is 6.13. The van der Waals surface area contributed by atoms with E-state index in [1.807, 2.05) is 14.0 Å². The van der Waals surface area contributed by atoms with Crippen LogP contribution in [0.25, 0.3) is 0 Å². The Hall–Kier alpha value is -2.39. The maximum Gasteiger partial charge on any atom is 0.315 e. The Morgan fingerprint density at radius 3 is 2.61 bits per heavy atom. The van der Waals surface area contributed by atoms with Crippen molar-refractivity contribution in [3.05, 3.63) is 29.3 Å². The predicted octanol–water partition coefficient (Wildman–Crippen LogP) is 1.54. The normalized spacial score (nSPS) is 26.0. The van der Waals surface area contributed by atoms with Crippen LogP contribution < -0.4 is 9.59 Å². The highest BCUT2D eigenvalue weighted by atomic mass is 16.4. The standard InChI is InChI=1S/C17H21N3O3/c1-5-19(17(22)23)15-8-11(2)20(4,12(3)21)16-7-6-13(10-18)9-14(15)16/h6-7,9,11,15H,5,8H2,1-4H3/t11-,15+,20?/m0/s1. The van der Waals surface area contributed by atoms with Crippen LogP contribution >= 0.6 is 0 Å². The molecule has 1 aliphatic heterocycles. The van der Waals surface area contributed by atoms with Crippen LogP contribution in [-0.4, -0.2) is 36.5 Å². The quantitative estimate of drug-likeness (QED) is 0.775. The monoisotopic (exact) mass is 315 g/mol.